The lowest BCUT2D eigenvalue weighted by Gasteiger charge is -2.20. The first kappa shape index (κ1) is 12.5. The van der Waals surface area contributed by atoms with E-state index in [4.69, 9.17) is 11.6 Å². The summed E-state index contributed by atoms with van der Waals surface area (Å²) in [5.41, 5.74) is 0.621. The third kappa shape index (κ3) is 3.24. The lowest BCUT2D eigenvalue weighted by molar-refractivity contribution is 0.325. The van der Waals surface area contributed by atoms with Crippen LogP contribution in [-0.2, 0) is 5.00 Å². The summed E-state index contributed by atoms with van der Waals surface area (Å²) >= 11 is 6.99. The van der Waals surface area contributed by atoms with Crippen molar-refractivity contribution in [1.29, 1.82) is 0 Å². The van der Waals surface area contributed by atoms with Gasteiger partial charge in [-0.25, -0.2) is 4.39 Å². The number of hydrogen-bond donors (Lipinski definition) is 0. The van der Waals surface area contributed by atoms with Crippen LogP contribution in [0.5, 0.6) is 0 Å². The first-order valence-electron chi connectivity index (χ1n) is 5.27. The van der Waals surface area contributed by atoms with Crippen LogP contribution in [0.3, 0.4) is 0 Å². The predicted molar refractivity (Wildman–Crippen MR) is 72.2 cm³/mol. The number of halogens is 2. The molecule has 3 heteroatoms. The van der Waals surface area contributed by atoms with Crippen LogP contribution in [0.4, 0.5) is 4.39 Å². The van der Waals surface area contributed by atoms with Crippen LogP contribution in [0.2, 0.25) is 5.02 Å². The summed E-state index contributed by atoms with van der Waals surface area (Å²) in [6.45, 7) is 1.56. The number of hydrogen-bond acceptors (Lipinski definition) is 1. The highest BCUT2D eigenvalue weighted by Gasteiger charge is 2.27. The molecule has 2 rings (SSSR count). The topological polar surface area (TPSA) is 0 Å². The highest BCUT2D eigenvalue weighted by atomic mass is 35.5. The van der Waals surface area contributed by atoms with Crippen molar-refractivity contribution in [1.82, 2.24) is 0 Å². The molecule has 0 aliphatic heterocycles. The monoisotopic (exact) mass is 266 g/mol. The van der Waals surface area contributed by atoms with Gasteiger partial charge in [-0.15, -0.1) is 0 Å². The third-order valence-corrected chi connectivity index (χ3v) is 3.79. The second-order valence-corrected chi connectivity index (χ2v) is 5.72. The summed E-state index contributed by atoms with van der Waals surface area (Å²) in [4.78, 5) is 0.910. The molecule has 1 atom stereocenters. The first-order valence-corrected chi connectivity index (χ1v) is 6.46. The fourth-order valence-corrected chi connectivity index (χ4v) is 2.63. The van der Waals surface area contributed by atoms with Gasteiger partial charge >= 0.3 is 0 Å². The summed E-state index contributed by atoms with van der Waals surface area (Å²) in [6.07, 6.45) is 0. The normalized spacial score (nSPS) is 14.3. The van der Waals surface area contributed by atoms with Gasteiger partial charge in [-0.05, 0) is 36.8 Å². The third-order valence-electron chi connectivity index (χ3n) is 2.41. The number of rotatable bonds is 3. The van der Waals surface area contributed by atoms with Gasteiger partial charge in [0.25, 0.3) is 0 Å². The van der Waals surface area contributed by atoms with Crippen molar-refractivity contribution in [2.24, 2.45) is 0 Å². The molecular formula is C14H12ClFS. The summed E-state index contributed by atoms with van der Waals surface area (Å²) in [7, 11) is 0. The maximum atomic E-state index is 14.6. The van der Waals surface area contributed by atoms with Crippen molar-refractivity contribution in [2.75, 3.05) is 0 Å². The van der Waals surface area contributed by atoms with Crippen molar-refractivity contribution in [3.05, 3.63) is 65.2 Å². The Morgan fingerprint density at radius 1 is 1.00 bits per heavy atom. The van der Waals surface area contributed by atoms with Crippen LogP contribution in [0.1, 0.15) is 12.5 Å². The predicted octanol–water partition coefficient (Wildman–Crippen LogP) is 5.27. The van der Waals surface area contributed by atoms with Gasteiger partial charge in [-0.1, -0.05) is 53.7 Å². The molecule has 0 amide bonds. The van der Waals surface area contributed by atoms with E-state index in [1.54, 1.807) is 31.2 Å². The second kappa shape index (κ2) is 5.11. The molecule has 0 fully saturated rings. The highest BCUT2D eigenvalue weighted by Crippen LogP contribution is 2.42. The van der Waals surface area contributed by atoms with Crippen LogP contribution in [-0.4, -0.2) is 0 Å². The van der Waals surface area contributed by atoms with Crippen molar-refractivity contribution in [3.63, 3.8) is 0 Å². The van der Waals surface area contributed by atoms with Gasteiger partial charge < -0.3 is 0 Å². The molecule has 0 saturated heterocycles. The molecular weight excluding hydrogens is 255 g/mol. The zero-order valence-corrected chi connectivity index (χ0v) is 10.9. The molecule has 88 valence electrons. The molecule has 0 aliphatic rings. The van der Waals surface area contributed by atoms with E-state index in [0.29, 0.717) is 10.6 Å². The van der Waals surface area contributed by atoms with Crippen LogP contribution in [0.25, 0.3) is 0 Å². The Morgan fingerprint density at radius 3 is 2.18 bits per heavy atom. The Hall–Kier alpha value is -0.990. The Kier molecular flexibility index (Phi) is 3.75. The average molecular weight is 267 g/mol. The maximum absolute atomic E-state index is 14.6. The van der Waals surface area contributed by atoms with E-state index in [2.05, 4.69) is 0 Å². The van der Waals surface area contributed by atoms with Gasteiger partial charge in [0.05, 0.1) is 0 Å². The first-order chi connectivity index (χ1) is 8.08. The van der Waals surface area contributed by atoms with Crippen molar-refractivity contribution in [3.8, 4) is 0 Å². The van der Waals surface area contributed by atoms with Gasteiger partial charge in [-0.3, -0.25) is 0 Å². The van der Waals surface area contributed by atoms with Gasteiger partial charge in [-0.2, -0.15) is 0 Å². The highest BCUT2D eigenvalue weighted by molar-refractivity contribution is 8.00. The lowest BCUT2D eigenvalue weighted by atomic mass is 10.1. The lowest BCUT2D eigenvalue weighted by Crippen LogP contribution is -2.09. The van der Waals surface area contributed by atoms with Gasteiger partial charge in [0.2, 0.25) is 0 Å². The molecule has 17 heavy (non-hydrogen) atoms. The van der Waals surface area contributed by atoms with Gasteiger partial charge in [0, 0.05) is 9.92 Å². The molecule has 0 aliphatic carbocycles. The smallest absolute Gasteiger partial charge is 0.183 e. The molecule has 0 heterocycles. The molecule has 1 unspecified atom stereocenters. The fraction of sp³-hybridized carbons (Fsp3) is 0.143. The Labute approximate surface area is 110 Å². The minimum atomic E-state index is -1.45. The Morgan fingerprint density at radius 2 is 1.59 bits per heavy atom. The summed E-state index contributed by atoms with van der Waals surface area (Å²) in [5, 5.41) is -0.833. The number of thioether (sulfide) groups is 1. The van der Waals surface area contributed by atoms with Crippen molar-refractivity contribution in [2.45, 2.75) is 16.8 Å². The minimum absolute atomic E-state index is 0.620. The van der Waals surface area contributed by atoms with Crippen LogP contribution >= 0.6 is 23.4 Å². The summed E-state index contributed by atoms with van der Waals surface area (Å²) < 4.78 is 14.6. The summed E-state index contributed by atoms with van der Waals surface area (Å²) in [6, 6.07) is 16.4. The SMILES string of the molecule is CC(F)(Sc1ccccc1)c1ccc(Cl)cc1. The second-order valence-electron chi connectivity index (χ2n) is 3.84. The zero-order chi connectivity index (χ0) is 12.3. The van der Waals surface area contributed by atoms with Gasteiger partial charge in [0.15, 0.2) is 5.00 Å². The number of alkyl halides is 1. The molecule has 2 aromatic rings. The van der Waals surface area contributed by atoms with E-state index >= 15 is 0 Å². The van der Waals surface area contributed by atoms with Crippen LogP contribution in [0, 0.1) is 0 Å². The molecule has 0 aromatic heterocycles. The number of benzene rings is 2. The van der Waals surface area contributed by atoms with Crippen LogP contribution < -0.4 is 0 Å². The van der Waals surface area contributed by atoms with Crippen molar-refractivity contribution < 1.29 is 4.39 Å². The molecule has 0 bridgehead atoms. The molecule has 0 radical (unpaired) electrons. The fourth-order valence-electron chi connectivity index (χ4n) is 1.52. The van der Waals surface area contributed by atoms with E-state index < -0.39 is 5.00 Å². The maximum Gasteiger partial charge on any atom is 0.183 e. The molecule has 0 nitrogen and oxygen atoms in total. The van der Waals surface area contributed by atoms with E-state index in [1.165, 1.54) is 11.8 Å². The average Bonchev–Trinajstić information content (AvgIpc) is 2.30. The molecule has 0 N–H and O–H groups in total. The Bertz CT molecular complexity index is 479. The quantitative estimate of drug-likeness (QED) is 0.682. The van der Waals surface area contributed by atoms with E-state index in [1.807, 2.05) is 30.3 Å². The summed E-state index contributed by atoms with van der Waals surface area (Å²) in [5.74, 6) is 0. The van der Waals surface area contributed by atoms with E-state index in [9.17, 15) is 4.39 Å². The molecule has 0 saturated carbocycles. The van der Waals surface area contributed by atoms with Gasteiger partial charge in [0.1, 0.15) is 0 Å². The largest absolute Gasteiger partial charge is 0.227 e. The standard InChI is InChI=1S/C14H12ClFS/c1-14(16,11-7-9-12(15)10-8-11)17-13-5-3-2-4-6-13/h2-10H,1H3. The van der Waals surface area contributed by atoms with Crippen LogP contribution in [0.15, 0.2) is 59.5 Å². The molecule has 2 aromatic carbocycles. The molecule has 0 spiro atoms. The minimum Gasteiger partial charge on any atom is -0.227 e. The van der Waals surface area contributed by atoms with Crippen molar-refractivity contribution >= 4 is 23.4 Å². The zero-order valence-electron chi connectivity index (χ0n) is 9.36. The van der Waals surface area contributed by atoms with E-state index in [-0.39, 0.29) is 0 Å². The van der Waals surface area contributed by atoms with E-state index in [0.717, 1.165) is 4.90 Å². The Balaban J connectivity index is 2.21.